The molecule has 3 aromatic rings. The zero-order valence-corrected chi connectivity index (χ0v) is 20.8. The van der Waals surface area contributed by atoms with E-state index >= 15 is 0 Å². The lowest BCUT2D eigenvalue weighted by atomic mass is 9.95. The van der Waals surface area contributed by atoms with Gasteiger partial charge in [0.1, 0.15) is 5.75 Å². The molecule has 0 aromatic heterocycles. The fourth-order valence-electron chi connectivity index (χ4n) is 2.74. The average molecular weight is 512 g/mol. The molecule has 0 unspecified atom stereocenters. The summed E-state index contributed by atoms with van der Waals surface area (Å²) in [5, 5.41) is 7.40. The summed E-state index contributed by atoms with van der Waals surface area (Å²) in [5.74, 6) is -1.05. The Morgan fingerprint density at radius 2 is 1.63 bits per heavy atom. The van der Waals surface area contributed by atoms with Gasteiger partial charge in [0.2, 0.25) is 5.91 Å². The normalized spacial score (nSPS) is 11.2. The maximum Gasteiger partial charge on any atom is 0.345 e. The molecule has 0 aliphatic carbocycles. The van der Waals surface area contributed by atoms with Crippen LogP contribution in [0.15, 0.2) is 71.8 Å². The first kappa shape index (κ1) is 25.9. The summed E-state index contributed by atoms with van der Waals surface area (Å²) in [6, 6.07) is 17.5. The van der Waals surface area contributed by atoms with Gasteiger partial charge >= 0.3 is 5.97 Å². The van der Waals surface area contributed by atoms with E-state index in [4.69, 9.17) is 27.9 Å². The second-order valence-corrected chi connectivity index (χ2v) is 9.38. The van der Waals surface area contributed by atoms with Crippen LogP contribution in [-0.2, 0) is 4.79 Å². The molecule has 3 aromatic carbocycles. The van der Waals surface area contributed by atoms with E-state index in [9.17, 15) is 14.4 Å². The Morgan fingerprint density at radius 3 is 2.29 bits per heavy atom. The van der Waals surface area contributed by atoms with Gasteiger partial charge in [-0.05, 0) is 54.6 Å². The number of nitrogens with one attached hydrogen (secondary N) is 2. The summed E-state index contributed by atoms with van der Waals surface area (Å²) < 4.78 is 5.46. The molecule has 0 bridgehead atoms. The molecular formula is C26H23Cl2N3O4. The van der Waals surface area contributed by atoms with E-state index in [1.807, 2.05) is 20.8 Å². The molecule has 2 N–H and O–H groups in total. The van der Waals surface area contributed by atoms with Gasteiger partial charge in [-0.3, -0.25) is 9.59 Å². The van der Waals surface area contributed by atoms with Crippen LogP contribution in [0.4, 0.5) is 5.69 Å². The number of anilines is 1. The lowest BCUT2D eigenvalue weighted by molar-refractivity contribution is -0.123. The minimum absolute atomic E-state index is 0.133. The summed E-state index contributed by atoms with van der Waals surface area (Å²) >= 11 is 12.1. The number of hydrazone groups is 1. The Hall–Kier alpha value is -3.68. The standard InChI is InChI=1S/C26H23Cl2N3O4/c1-26(2,3)25(34)30-19-11-8-16(9-12-19)23(32)31-29-15-17-14-18(27)10-13-22(17)35-24(33)20-6-4-5-7-21(20)28/h4-15H,1-3H3,(H,30,34)(H,31,32)/b29-15+. The first-order valence-corrected chi connectivity index (χ1v) is 11.3. The van der Waals surface area contributed by atoms with Gasteiger partial charge in [0.15, 0.2) is 0 Å². The molecule has 0 aliphatic heterocycles. The number of rotatable bonds is 6. The monoisotopic (exact) mass is 511 g/mol. The third-order valence-electron chi connectivity index (χ3n) is 4.72. The van der Waals surface area contributed by atoms with Crippen molar-refractivity contribution in [2.75, 3.05) is 5.32 Å². The molecule has 9 heteroatoms. The summed E-state index contributed by atoms with van der Waals surface area (Å²) in [4.78, 5) is 37.0. The number of amides is 2. The quantitative estimate of drug-likeness (QED) is 0.184. The van der Waals surface area contributed by atoms with Crippen molar-refractivity contribution in [3.63, 3.8) is 0 Å². The first-order valence-electron chi connectivity index (χ1n) is 10.6. The lowest BCUT2D eigenvalue weighted by Crippen LogP contribution is -2.27. The predicted octanol–water partition coefficient (Wildman–Crippen LogP) is 5.96. The van der Waals surface area contributed by atoms with Crippen molar-refractivity contribution in [3.8, 4) is 5.75 Å². The van der Waals surface area contributed by atoms with Crippen molar-refractivity contribution in [3.05, 3.63) is 93.5 Å². The Morgan fingerprint density at radius 1 is 0.943 bits per heavy atom. The van der Waals surface area contributed by atoms with E-state index < -0.39 is 17.3 Å². The fourth-order valence-corrected chi connectivity index (χ4v) is 3.14. The minimum atomic E-state index is -0.643. The van der Waals surface area contributed by atoms with Crippen LogP contribution in [0.1, 0.15) is 47.1 Å². The van der Waals surface area contributed by atoms with E-state index in [-0.39, 0.29) is 22.2 Å². The average Bonchev–Trinajstić information content (AvgIpc) is 2.80. The van der Waals surface area contributed by atoms with E-state index in [1.54, 1.807) is 60.7 Å². The number of ether oxygens (including phenoxy) is 1. The number of nitrogens with zero attached hydrogens (tertiary/aromatic N) is 1. The molecule has 0 heterocycles. The van der Waals surface area contributed by atoms with E-state index in [1.165, 1.54) is 12.3 Å². The van der Waals surface area contributed by atoms with Gasteiger partial charge in [-0.15, -0.1) is 0 Å². The maximum atomic E-state index is 12.5. The SMILES string of the molecule is CC(C)(C)C(=O)Nc1ccc(C(=O)N/N=C/c2cc(Cl)ccc2OC(=O)c2ccccc2Cl)cc1. The second-order valence-electron chi connectivity index (χ2n) is 8.53. The van der Waals surface area contributed by atoms with Crippen LogP contribution in [0.5, 0.6) is 5.75 Å². The van der Waals surface area contributed by atoms with E-state index in [2.05, 4.69) is 15.8 Å². The van der Waals surface area contributed by atoms with Gasteiger partial charge in [0.05, 0.1) is 16.8 Å². The number of carbonyl (C=O) groups excluding carboxylic acids is 3. The van der Waals surface area contributed by atoms with Crippen LogP contribution in [0.25, 0.3) is 0 Å². The van der Waals surface area contributed by atoms with Gasteiger partial charge in [-0.1, -0.05) is 56.1 Å². The number of hydrogen-bond acceptors (Lipinski definition) is 5. The van der Waals surface area contributed by atoms with Crippen molar-refractivity contribution in [1.29, 1.82) is 0 Å². The highest BCUT2D eigenvalue weighted by Crippen LogP contribution is 2.24. The highest BCUT2D eigenvalue weighted by Gasteiger charge is 2.21. The highest BCUT2D eigenvalue weighted by atomic mass is 35.5. The fraction of sp³-hybridized carbons (Fsp3) is 0.154. The molecule has 0 spiro atoms. The first-order chi connectivity index (χ1) is 16.5. The minimum Gasteiger partial charge on any atom is -0.422 e. The molecule has 0 fully saturated rings. The lowest BCUT2D eigenvalue weighted by Gasteiger charge is -2.17. The number of hydrogen-bond donors (Lipinski definition) is 2. The van der Waals surface area contributed by atoms with Crippen molar-refractivity contribution < 1.29 is 19.1 Å². The summed E-state index contributed by atoms with van der Waals surface area (Å²) in [6.07, 6.45) is 1.32. The third-order valence-corrected chi connectivity index (χ3v) is 5.29. The van der Waals surface area contributed by atoms with Gasteiger partial charge < -0.3 is 10.1 Å². The smallest absolute Gasteiger partial charge is 0.345 e. The Balaban J connectivity index is 1.67. The number of halogens is 2. The van der Waals surface area contributed by atoms with Crippen LogP contribution >= 0.6 is 23.2 Å². The van der Waals surface area contributed by atoms with Gasteiger partial charge in [-0.25, -0.2) is 10.2 Å². The zero-order valence-electron chi connectivity index (χ0n) is 19.3. The summed E-state index contributed by atoms with van der Waals surface area (Å²) in [6.45, 7) is 5.43. The Bertz CT molecular complexity index is 1280. The Labute approximate surface area is 213 Å². The summed E-state index contributed by atoms with van der Waals surface area (Å²) in [5.41, 5.74) is 3.38. The largest absolute Gasteiger partial charge is 0.422 e. The van der Waals surface area contributed by atoms with E-state index in [0.29, 0.717) is 21.8 Å². The second kappa shape index (κ2) is 11.2. The topological polar surface area (TPSA) is 96.9 Å². The van der Waals surface area contributed by atoms with Crippen LogP contribution in [0.2, 0.25) is 10.0 Å². The van der Waals surface area contributed by atoms with E-state index in [0.717, 1.165) is 0 Å². The molecule has 0 saturated carbocycles. The molecule has 7 nitrogen and oxygen atoms in total. The molecule has 0 aliphatic rings. The number of carbonyl (C=O) groups is 3. The van der Waals surface area contributed by atoms with Crippen LogP contribution in [0.3, 0.4) is 0 Å². The van der Waals surface area contributed by atoms with Crippen molar-refractivity contribution >= 4 is 52.9 Å². The van der Waals surface area contributed by atoms with Crippen molar-refractivity contribution in [2.45, 2.75) is 20.8 Å². The van der Waals surface area contributed by atoms with Gasteiger partial charge in [0.25, 0.3) is 5.91 Å². The van der Waals surface area contributed by atoms with Gasteiger partial charge in [-0.2, -0.15) is 5.10 Å². The summed E-state index contributed by atoms with van der Waals surface area (Å²) in [7, 11) is 0. The molecule has 0 atom stereocenters. The number of esters is 1. The van der Waals surface area contributed by atoms with Crippen molar-refractivity contribution in [1.82, 2.24) is 5.43 Å². The van der Waals surface area contributed by atoms with Crippen LogP contribution < -0.4 is 15.5 Å². The molecule has 2 amide bonds. The van der Waals surface area contributed by atoms with Crippen LogP contribution in [-0.4, -0.2) is 24.0 Å². The molecule has 180 valence electrons. The maximum absolute atomic E-state index is 12.5. The van der Waals surface area contributed by atoms with Crippen molar-refractivity contribution in [2.24, 2.45) is 10.5 Å². The molecule has 3 rings (SSSR count). The number of benzene rings is 3. The molecule has 35 heavy (non-hydrogen) atoms. The molecular weight excluding hydrogens is 489 g/mol. The van der Waals surface area contributed by atoms with Crippen LogP contribution in [0, 0.1) is 5.41 Å². The molecule has 0 saturated heterocycles. The zero-order chi connectivity index (χ0) is 25.6. The Kier molecular flexibility index (Phi) is 8.27. The molecule has 0 radical (unpaired) electrons. The third kappa shape index (κ3) is 7.15. The predicted molar refractivity (Wildman–Crippen MR) is 137 cm³/mol. The van der Waals surface area contributed by atoms with Gasteiger partial charge in [0, 0.05) is 27.3 Å². The highest BCUT2D eigenvalue weighted by molar-refractivity contribution is 6.33.